The first-order valence-electron chi connectivity index (χ1n) is 5.42. The summed E-state index contributed by atoms with van der Waals surface area (Å²) in [6.07, 6.45) is 1.32. The first kappa shape index (κ1) is 10.7. The van der Waals surface area contributed by atoms with E-state index in [4.69, 9.17) is 9.84 Å². The van der Waals surface area contributed by atoms with E-state index < -0.39 is 0 Å². The maximum atomic E-state index is 11.6. The van der Waals surface area contributed by atoms with E-state index in [1.54, 1.807) is 4.90 Å². The van der Waals surface area contributed by atoms with E-state index in [2.05, 4.69) is 4.90 Å². The van der Waals surface area contributed by atoms with E-state index in [0.29, 0.717) is 19.5 Å². The topological polar surface area (TPSA) is 53.0 Å². The Balaban J connectivity index is 1.94. The van der Waals surface area contributed by atoms with Crippen molar-refractivity contribution in [2.45, 2.75) is 18.4 Å². The molecule has 1 amide bonds. The number of amides is 1. The van der Waals surface area contributed by atoms with Gasteiger partial charge in [-0.2, -0.15) is 0 Å². The minimum atomic E-state index is -0.276. The lowest BCUT2D eigenvalue weighted by Gasteiger charge is -2.20. The third-order valence-corrected chi connectivity index (χ3v) is 3.13. The number of carbonyl (C=O) groups is 1. The molecule has 1 unspecified atom stereocenters. The van der Waals surface area contributed by atoms with Gasteiger partial charge in [-0.3, -0.25) is 0 Å². The highest BCUT2D eigenvalue weighted by Crippen LogP contribution is 2.31. The summed E-state index contributed by atoms with van der Waals surface area (Å²) in [5.41, 5.74) is -0.276. The summed E-state index contributed by atoms with van der Waals surface area (Å²) >= 11 is 0. The average Bonchev–Trinajstić information content (AvgIpc) is 2.68. The summed E-state index contributed by atoms with van der Waals surface area (Å²) < 4.78 is 5.45. The number of likely N-dealkylation sites (tertiary alicyclic amines) is 1. The van der Waals surface area contributed by atoms with Crippen molar-refractivity contribution >= 4 is 6.09 Å². The molecule has 0 saturated carbocycles. The van der Waals surface area contributed by atoms with Gasteiger partial charge in [0, 0.05) is 32.7 Å². The predicted molar refractivity (Wildman–Crippen MR) is 54.6 cm³/mol. The SMILES string of the molecule is CN1CCC2(C1)CN(CCCO)C(=O)O2. The highest BCUT2D eigenvalue weighted by Gasteiger charge is 2.48. The Morgan fingerprint density at radius 3 is 2.93 bits per heavy atom. The van der Waals surface area contributed by atoms with Crippen molar-refractivity contribution in [3.05, 3.63) is 0 Å². The monoisotopic (exact) mass is 214 g/mol. The smallest absolute Gasteiger partial charge is 0.410 e. The number of likely N-dealkylation sites (N-methyl/N-ethyl adjacent to an activating group) is 1. The van der Waals surface area contributed by atoms with E-state index in [1.807, 2.05) is 7.05 Å². The van der Waals surface area contributed by atoms with Crippen LogP contribution in [0.4, 0.5) is 4.79 Å². The number of hydrogen-bond donors (Lipinski definition) is 1. The second-order valence-corrected chi connectivity index (χ2v) is 4.54. The van der Waals surface area contributed by atoms with Gasteiger partial charge in [-0.1, -0.05) is 0 Å². The summed E-state index contributed by atoms with van der Waals surface area (Å²) in [5.74, 6) is 0. The third kappa shape index (κ3) is 2.08. The van der Waals surface area contributed by atoms with Crippen LogP contribution in [0.15, 0.2) is 0 Å². The van der Waals surface area contributed by atoms with Crippen molar-refractivity contribution in [3.8, 4) is 0 Å². The van der Waals surface area contributed by atoms with Crippen LogP contribution in [0.5, 0.6) is 0 Å². The number of ether oxygens (including phenoxy) is 1. The molecule has 0 radical (unpaired) electrons. The Bertz CT molecular complexity index is 259. The van der Waals surface area contributed by atoms with E-state index in [9.17, 15) is 4.79 Å². The quantitative estimate of drug-likeness (QED) is 0.712. The van der Waals surface area contributed by atoms with E-state index in [1.165, 1.54) is 0 Å². The van der Waals surface area contributed by atoms with Crippen LogP contribution in [-0.4, -0.2) is 66.4 Å². The van der Waals surface area contributed by atoms with Crippen molar-refractivity contribution in [2.24, 2.45) is 0 Å². The number of carbonyl (C=O) groups excluding carboxylic acids is 1. The van der Waals surface area contributed by atoms with Gasteiger partial charge >= 0.3 is 6.09 Å². The first-order chi connectivity index (χ1) is 7.15. The minimum Gasteiger partial charge on any atom is -0.439 e. The largest absolute Gasteiger partial charge is 0.439 e. The van der Waals surface area contributed by atoms with Gasteiger partial charge in [-0.05, 0) is 13.5 Å². The molecule has 86 valence electrons. The molecule has 2 aliphatic rings. The Labute approximate surface area is 89.6 Å². The first-order valence-corrected chi connectivity index (χ1v) is 5.42. The van der Waals surface area contributed by atoms with Gasteiger partial charge < -0.3 is 19.6 Å². The van der Waals surface area contributed by atoms with E-state index in [-0.39, 0.29) is 18.3 Å². The summed E-state index contributed by atoms with van der Waals surface area (Å²) in [5, 5.41) is 8.72. The molecule has 0 bridgehead atoms. The molecule has 5 nitrogen and oxygen atoms in total. The Morgan fingerprint density at radius 2 is 2.33 bits per heavy atom. The van der Waals surface area contributed by atoms with Crippen LogP contribution in [0.1, 0.15) is 12.8 Å². The molecule has 1 atom stereocenters. The lowest BCUT2D eigenvalue weighted by atomic mass is 10.0. The molecule has 15 heavy (non-hydrogen) atoms. The zero-order valence-corrected chi connectivity index (χ0v) is 9.11. The normalized spacial score (nSPS) is 31.6. The van der Waals surface area contributed by atoms with Crippen LogP contribution in [-0.2, 0) is 4.74 Å². The molecular weight excluding hydrogens is 196 g/mol. The van der Waals surface area contributed by atoms with Crippen LogP contribution in [0.2, 0.25) is 0 Å². The standard InChI is InChI=1S/C10H18N2O3/c1-11-5-3-10(7-11)8-12(4-2-6-13)9(14)15-10/h13H,2-8H2,1H3. The molecule has 2 aliphatic heterocycles. The molecule has 0 aromatic rings. The number of aliphatic hydroxyl groups excluding tert-OH is 1. The highest BCUT2D eigenvalue weighted by atomic mass is 16.6. The van der Waals surface area contributed by atoms with Gasteiger partial charge in [0.05, 0.1) is 6.54 Å². The molecule has 2 heterocycles. The lowest BCUT2D eigenvalue weighted by molar-refractivity contribution is 0.0655. The average molecular weight is 214 g/mol. The molecule has 2 saturated heterocycles. The van der Waals surface area contributed by atoms with Gasteiger partial charge in [0.15, 0.2) is 0 Å². The van der Waals surface area contributed by atoms with Gasteiger partial charge in [0.25, 0.3) is 0 Å². The van der Waals surface area contributed by atoms with E-state index in [0.717, 1.165) is 19.5 Å². The molecule has 0 aromatic carbocycles. The van der Waals surface area contributed by atoms with Crippen molar-refractivity contribution in [1.82, 2.24) is 9.80 Å². The molecule has 2 fully saturated rings. The predicted octanol–water partition coefficient (Wildman–Crippen LogP) is -0.105. The van der Waals surface area contributed by atoms with Crippen molar-refractivity contribution in [2.75, 3.05) is 39.8 Å². The zero-order chi connectivity index (χ0) is 10.9. The highest BCUT2D eigenvalue weighted by molar-refractivity contribution is 5.70. The van der Waals surface area contributed by atoms with Gasteiger partial charge in [-0.15, -0.1) is 0 Å². The van der Waals surface area contributed by atoms with Crippen molar-refractivity contribution < 1.29 is 14.6 Å². The fourth-order valence-electron chi connectivity index (χ4n) is 2.38. The van der Waals surface area contributed by atoms with Crippen LogP contribution >= 0.6 is 0 Å². The molecule has 1 N–H and O–H groups in total. The van der Waals surface area contributed by atoms with Crippen LogP contribution in [0.3, 0.4) is 0 Å². The van der Waals surface area contributed by atoms with Crippen LogP contribution < -0.4 is 0 Å². The van der Waals surface area contributed by atoms with Crippen LogP contribution in [0.25, 0.3) is 0 Å². The second-order valence-electron chi connectivity index (χ2n) is 4.54. The summed E-state index contributed by atoms with van der Waals surface area (Å²) in [7, 11) is 2.04. The molecule has 0 aromatic heterocycles. The molecule has 1 spiro atoms. The summed E-state index contributed by atoms with van der Waals surface area (Å²) in [6, 6.07) is 0. The molecular formula is C10H18N2O3. The minimum absolute atomic E-state index is 0.122. The van der Waals surface area contributed by atoms with Crippen molar-refractivity contribution in [3.63, 3.8) is 0 Å². The maximum Gasteiger partial charge on any atom is 0.410 e. The fourth-order valence-corrected chi connectivity index (χ4v) is 2.38. The molecule has 0 aliphatic carbocycles. The number of aliphatic hydroxyl groups is 1. The summed E-state index contributed by atoms with van der Waals surface area (Å²) in [4.78, 5) is 15.4. The number of rotatable bonds is 3. The van der Waals surface area contributed by atoms with Gasteiger partial charge in [0.2, 0.25) is 0 Å². The Kier molecular flexibility index (Phi) is 2.84. The molecule has 5 heteroatoms. The number of nitrogens with zero attached hydrogens (tertiary/aromatic N) is 2. The third-order valence-electron chi connectivity index (χ3n) is 3.13. The lowest BCUT2D eigenvalue weighted by Crippen LogP contribution is -2.37. The number of hydrogen-bond acceptors (Lipinski definition) is 4. The Morgan fingerprint density at radius 1 is 1.53 bits per heavy atom. The summed E-state index contributed by atoms with van der Waals surface area (Å²) in [6.45, 7) is 3.21. The van der Waals surface area contributed by atoms with Gasteiger partial charge in [0.1, 0.15) is 5.60 Å². The van der Waals surface area contributed by atoms with E-state index >= 15 is 0 Å². The second kappa shape index (κ2) is 3.98. The fraction of sp³-hybridized carbons (Fsp3) is 0.900. The maximum absolute atomic E-state index is 11.6. The molecule has 2 rings (SSSR count). The van der Waals surface area contributed by atoms with Crippen LogP contribution in [0, 0.1) is 0 Å². The Hall–Kier alpha value is -0.810. The zero-order valence-electron chi connectivity index (χ0n) is 9.11. The van der Waals surface area contributed by atoms with Gasteiger partial charge in [-0.25, -0.2) is 4.79 Å². The van der Waals surface area contributed by atoms with Crippen molar-refractivity contribution in [1.29, 1.82) is 0 Å².